The highest BCUT2D eigenvalue weighted by molar-refractivity contribution is 9.10. The molecule has 0 unspecified atom stereocenters. The van der Waals surface area contributed by atoms with Gasteiger partial charge in [0.15, 0.2) is 0 Å². The third-order valence-corrected chi connectivity index (χ3v) is 7.02. The largest absolute Gasteiger partial charge is 0.297 e. The summed E-state index contributed by atoms with van der Waals surface area (Å²) in [6.45, 7) is 2.27. The van der Waals surface area contributed by atoms with Gasteiger partial charge in [-0.25, -0.2) is 4.99 Å². The first-order valence-corrected chi connectivity index (χ1v) is 12.1. The van der Waals surface area contributed by atoms with Gasteiger partial charge in [0.2, 0.25) is 0 Å². The number of aromatic nitrogens is 1. The zero-order valence-corrected chi connectivity index (χ0v) is 20.0. The lowest BCUT2D eigenvalue weighted by Gasteiger charge is -2.20. The summed E-state index contributed by atoms with van der Waals surface area (Å²) >= 11 is 3.66. The fourth-order valence-electron chi connectivity index (χ4n) is 5.02. The Hall–Kier alpha value is -3.43. The van der Waals surface area contributed by atoms with Gasteiger partial charge >= 0.3 is 0 Å². The molecule has 2 nitrogen and oxygen atoms in total. The molecule has 1 aliphatic heterocycles. The number of rotatable bonds is 1. The summed E-state index contributed by atoms with van der Waals surface area (Å²) in [5.74, 6) is 1.09. The monoisotopic (exact) mass is 490 g/mol. The van der Waals surface area contributed by atoms with Crippen LogP contribution in [0.25, 0.3) is 27.4 Å². The first-order chi connectivity index (χ1) is 16.2. The third kappa shape index (κ3) is 3.44. The molecule has 0 fully saturated rings. The van der Waals surface area contributed by atoms with E-state index in [1.807, 2.05) is 0 Å². The topological polar surface area (TPSA) is 17.3 Å². The number of nitrogens with zero attached hydrogens (tertiary/aromatic N) is 2. The Morgan fingerprint density at radius 1 is 0.727 bits per heavy atom. The van der Waals surface area contributed by atoms with Gasteiger partial charge in [-0.3, -0.25) is 4.57 Å². The van der Waals surface area contributed by atoms with Crippen LogP contribution in [0.1, 0.15) is 30.9 Å². The van der Waals surface area contributed by atoms with Crippen molar-refractivity contribution in [1.82, 2.24) is 4.57 Å². The molecule has 6 rings (SSSR count). The number of halogens is 1. The maximum Gasteiger partial charge on any atom is 0.114 e. The van der Waals surface area contributed by atoms with Crippen LogP contribution >= 0.6 is 15.9 Å². The number of para-hydroxylation sites is 2. The maximum atomic E-state index is 5.31. The summed E-state index contributed by atoms with van der Waals surface area (Å²) in [6, 6.07) is 34.4. The molecule has 0 saturated carbocycles. The highest BCUT2D eigenvalue weighted by Crippen LogP contribution is 2.38. The zero-order chi connectivity index (χ0) is 22.4. The second kappa shape index (κ2) is 8.17. The number of allylic oxidation sites excluding steroid dienone is 1. The van der Waals surface area contributed by atoms with E-state index in [1.165, 1.54) is 44.1 Å². The normalized spacial score (nSPS) is 17.9. The van der Waals surface area contributed by atoms with Crippen LogP contribution in [0.2, 0.25) is 0 Å². The van der Waals surface area contributed by atoms with Crippen molar-refractivity contribution in [3.63, 3.8) is 0 Å². The van der Waals surface area contributed by atoms with Crippen molar-refractivity contribution in [1.29, 1.82) is 0 Å². The molecule has 4 aromatic carbocycles. The van der Waals surface area contributed by atoms with Crippen molar-refractivity contribution in [3.05, 3.63) is 118 Å². The summed E-state index contributed by atoms with van der Waals surface area (Å²) in [5, 5.41) is 2.50. The lowest BCUT2D eigenvalue weighted by molar-refractivity contribution is 0.971. The minimum absolute atomic E-state index is 0.875. The Labute approximate surface area is 202 Å². The van der Waals surface area contributed by atoms with Crippen LogP contribution in [-0.4, -0.2) is 10.4 Å². The van der Waals surface area contributed by atoms with E-state index in [0.717, 1.165) is 28.8 Å². The van der Waals surface area contributed by atoms with E-state index in [-0.39, 0.29) is 0 Å². The van der Waals surface area contributed by atoms with Gasteiger partial charge in [0.1, 0.15) is 5.84 Å². The lowest BCUT2D eigenvalue weighted by Crippen LogP contribution is -2.13. The number of hydrogen-bond acceptors (Lipinski definition) is 1. The molecule has 3 heteroatoms. The molecule has 160 valence electrons. The number of benzene rings is 4. The summed E-state index contributed by atoms with van der Waals surface area (Å²) in [4.78, 5) is 5.31. The van der Waals surface area contributed by atoms with Crippen LogP contribution in [0.3, 0.4) is 0 Å². The van der Waals surface area contributed by atoms with Crippen LogP contribution in [0.4, 0.5) is 5.69 Å². The fourth-order valence-corrected chi connectivity index (χ4v) is 5.38. The second-order valence-corrected chi connectivity index (χ2v) is 9.50. The Morgan fingerprint density at radius 2 is 1.45 bits per heavy atom. The van der Waals surface area contributed by atoms with Gasteiger partial charge in [0.05, 0.1) is 16.7 Å². The Balaban J connectivity index is 1.61. The highest BCUT2D eigenvalue weighted by atomic mass is 79.9. The molecule has 1 aliphatic rings. The molecule has 0 aliphatic carbocycles. The van der Waals surface area contributed by atoms with E-state index in [4.69, 9.17) is 4.99 Å². The van der Waals surface area contributed by atoms with Gasteiger partial charge in [0, 0.05) is 27.2 Å². The molecule has 33 heavy (non-hydrogen) atoms. The van der Waals surface area contributed by atoms with Crippen LogP contribution in [-0.2, 0) is 0 Å². The third-order valence-electron chi connectivity index (χ3n) is 6.53. The SMILES string of the molecule is C/C1=C(/c2ccccc2)c2ccccc2/N=C(/n2c3ccccc3c3cc(Br)ccc32)CC1. The van der Waals surface area contributed by atoms with Crippen molar-refractivity contribution in [3.8, 4) is 0 Å². The van der Waals surface area contributed by atoms with Gasteiger partial charge in [-0.05, 0) is 54.8 Å². The summed E-state index contributed by atoms with van der Waals surface area (Å²) in [7, 11) is 0. The molecule has 0 amide bonds. The van der Waals surface area contributed by atoms with E-state index < -0.39 is 0 Å². The molecular formula is C30H23BrN2. The lowest BCUT2D eigenvalue weighted by atomic mass is 9.90. The first-order valence-electron chi connectivity index (χ1n) is 11.3. The minimum atomic E-state index is 0.875. The molecule has 0 N–H and O–H groups in total. The molecule has 0 saturated heterocycles. The molecule has 0 spiro atoms. The van der Waals surface area contributed by atoms with Crippen molar-refractivity contribution < 1.29 is 0 Å². The number of hydrogen-bond donors (Lipinski definition) is 0. The molecule has 0 radical (unpaired) electrons. The first kappa shape index (κ1) is 20.2. The van der Waals surface area contributed by atoms with E-state index in [0.29, 0.717) is 0 Å². The molecule has 5 aromatic rings. The van der Waals surface area contributed by atoms with E-state index >= 15 is 0 Å². The summed E-state index contributed by atoms with van der Waals surface area (Å²) < 4.78 is 3.45. The average molecular weight is 491 g/mol. The average Bonchev–Trinajstić information content (AvgIpc) is 3.16. The van der Waals surface area contributed by atoms with Crippen molar-refractivity contribution in [2.75, 3.05) is 0 Å². The Morgan fingerprint density at radius 3 is 2.33 bits per heavy atom. The van der Waals surface area contributed by atoms with E-state index in [9.17, 15) is 0 Å². The van der Waals surface area contributed by atoms with E-state index in [2.05, 4.69) is 124 Å². The van der Waals surface area contributed by atoms with Crippen LogP contribution in [0.15, 0.2) is 112 Å². The predicted octanol–water partition coefficient (Wildman–Crippen LogP) is 8.75. The quantitative estimate of drug-likeness (QED) is 0.223. The predicted molar refractivity (Wildman–Crippen MR) is 143 cm³/mol. The number of fused-ring (bicyclic) bond motifs is 4. The smallest absolute Gasteiger partial charge is 0.114 e. The fraction of sp³-hybridized carbons (Fsp3) is 0.100. The Kier molecular flexibility index (Phi) is 5.00. The van der Waals surface area contributed by atoms with Crippen LogP contribution in [0.5, 0.6) is 0 Å². The summed E-state index contributed by atoms with van der Waals surface area (Å²) in [5.41, 5.74) is 8.57. The highest BCUT2D eigenvalue weighted by Gasteiger charge is 2.20. The second-order valence-electron chi connectivity index (χ2n) is 8.58. The maximum absolute atomic E-state index is 5.31. The molecular weight excluding hydrogens is 468 g/mol. The molecule has 0 bridgehead atoms. The number of aliphatic imine (C=N–C) groups is 1. The molecule has 1 aromatic heterocycles. The van der Waals surface area contributed by atoms with Crippen molar-refractivity contribution in [2.45, 2.75) is 19.8 Å². The molecule has 0 atom stereocenters. The van der Waals surface area contributed by atoms with Gasteiger partial charge in [-0.2, -0.15) is 0 Å². The van der Waals surface area contributed by atoms with Crippen LogP contribution in [0, 0.1) is 0 Å². The van der Waals surface area contributed by atoms with Crippen molar-refractivity contribution in [2.24, 2.45) is 4.99 Å². The van der Waals surface area contributed by atoms with Crippen molar-refractivity contribution >= 4 is 54.8 Å². The standard InChI is InChI=1S/C30H23BrN2/c1-20-15-18-29(32-26-13-7-5-12-24(26)30(20)21-9-3-2-4-10-21)33-27-14-8-6-11-23(27)25-19-22(31)16-17-28(25)33/h2-14,16-17,19H,15,18H2,1H3/b30-20+,32-29+. The van der Waals surface area contributed by atoms with Gasteiger partial charge in [0.25, 0.3) is 0 Å². The van der Waals surface area contributed by atoms with Gasteiger partial charge < -0.3 is 0 Å². The van der Waals surface area contributed by atoms with Gasteiger partial charge in [-0.15, -0.1) is 0 Å². The van der Waals surface area contributed by atoms with E-state index in [1.54, 1.807) is 0 Å². The van der Waals surface area contributed by atoms with Gasteiger partial charge in [-0.1, -0.05) is 88.2 Å². The zero-order valence-electron chi connectivity index (χ0n) is 18.4. The molecule has 2 heterocycles. The Bertz CT molecular complexity index is 1570. The summed E-state index contributed by atoms with van der Waals surface area (Å²) in [6.07, 6.45) is 1.84. The minimum Gasteiger partial charge on any atom is -0.297 e. The van der Waals surface area contributed by atoms with Crippen LogP contribution < -0.4 is 0 Å².